The van der Waals surface area contributed by atoms with Crippen molar-refractivity contribution in [3.8, 4) is 0 Å². The number of carbonyl (C=O) groups is 1. The highest BCUT2D eigenvalue weighted by molar-refractivity contribution is 6.42. The molecule has 1 aliphatic carbocycles. The maximum atomic E-state index is 13.4. The minimum atomic E-state index is -0.520. The summed E-state index contributed by atoms with van der Waals surface area (Å²) in [4.78, 5) is 13.0. The van der Waals surface area contributed by atoms with Gasteiger partial charge in [-0.2, -0.15) is 0 Å². The van der Waals surface area contributed by atoms with Crippen LogP contribution in [-0.4, -0.2) is 19.1 Å². The Kier molecular flexibility index (Phi) is 5.15. The minimum absolute atomic E-state index is 0.00210. The molecule has 1 saturated heterocycles. The van der Waals surface area contributed by atoms with Crippen LogP contribution in [0.3, 0.4) is 0 Å². The lowest BCUT2D eigenvalue weighted by atomic mass is 9.82. The van der Waals surface area contributed by atoms with Crippen molar-refractivity contribution in [1.29, 1.82) is 0 Å². The topological polar surface area (TPSA) is 38.3 Å². The van der Waals surface area contributed by atoms with Gasteiger partial charge in [-0.15, -0.1) is 0 Å². The molecule has 0 spiro atoms. The maximum Gasteiger partial charge on any atom is 0.224 e. The number of ether oxygens (including phenoxy) is 1. The van der Waals surface area contributed by atoms with Gasteiger partial charge in [0.2, 0.25) is 5.91 Å². The molecule has 2 aromatic carbocycles. The molecule has 2 fully saturated rings. The second-order valence-electron chi connectivity index (χ2n) is 7.28. The fraction of sp³-hybridized carbons (Fsp3) is 0.381. The number of carbonyl (C=O) groups excluding carboxylic acids is 1. The molecule has 0 radical (unpaired) electrons. The summed E-state index contributed by atoms with van der Waals surface area (Å²) in [5.41, 5.74) is 1.32. The van der Waals surface area contributed by atoms with Crippen LogP contribution in [0.2, 0.25) is 10.0 Å². The largest absolute Gasteiger partial charge is 0.381 e. The predicted molar refractivity (Wildman–Crippen MR) is 104 cm³/mol. The molecule has 1 amide bonds. The third-order valence-electron chi connectivity index (χ3n) is 5.61. The van der Waals surface area contributed by atoms with Gasteiger partial charge in [0.05, 0.1) is 15.6 Å². The maximum absolute atomic E-state index is 13.4. The quantitative estimate of drug-likeness (QED) is 0.768. The number of nitrogens with one attached hydrogen (secondary N) is 1. The van der Waals surface area contributed by atoms with Gasteiger partial charge in [0, 0.05) is 19.1 Å². The van der Waals surface area contributed by atoms with Crippen molar-refractivity contribution in [1.82, 2.24) is 5.32 Å². The molecule has 1 aliphatic heterocycles. The molecule has 3 nitrogen and oxygen atoms in total. The molecule has 0 aromatic heterocycles. The summed E-state index contributed by atoms with van der Waals surface area (Å²) in [7, 11) is 0. The third-order valence-corrected chi connectivity index (χ3v) is 6.45. The van der Waals surface area contributed by atoms with Crippen LogP contribution in [0.15, 0.2) is 42.5 Å². The first kappa shape index (κ1) is 18.7. The number of hydrogen-bond acceptors (Lipinski definition) is 2. The molecule has 1 saturated carbocycles. The summed E-state index contributed by atoms with van der Waals surface area (Å²) in [5, 5.41) is 4.28. The highest BCUT2D eigenvalue weighted by Gasteiger charge is 2.47. The monoisotopic (exact) mass is 407 g/mol. The van der Waals surface area contributed by atoms with Gasteiger partial charge in [0.1, 0.15) is 5.82 Å². The van der Waals surface area contributed by atoms with Crippen molar-refractivity contribution >= 4 is 29.1 Å². The Hall–Kier alpha value is -1.62. The van der Waals surface area contributed by atoms with Gasteiger partial charge < -0.3 is 10.1 Å². The molecule has 142 valence electrons. The average molecular weight is 408 g/mol. The van der Waals surface area contributed by atoms with Gasteiger partial charge >= 0.3 is 0 Å². The van der Waals surface area contributed by atoms with Crippen LogP contribution in [0.4, 0.5) is 4.39 Å². The molecule has 2 atom stereocenters. The molecule has 27 heavy (non-hydrogen) atoms. The van der Waals surface area contributed by atoms with Crippen LogP contribution < -0.4 is 5.32 Å². The van der Waals surface area contributed by atoms with E-state index in [1.807, 2.05) is 12.1 Å². The van der Waals surface area contributed by atoms with Gasteiger partial charge in [0.25, 0.3) is 0 Å². The number of benzene rings is 2. The van der Waals surface area contributed by atoms with Gasteiger partial charge in [-0.05, 0) is 54.5 Å². The van der Waals surface area contributed by atoms with Crippen molar-refractivity contribution in [3.05, 3.63) is 69.5 Å². The zero-order valence-electron chi connectivity index (χ0n) is 14.7. The summed E-state index contributed by atoms with van der Waals surface area (Å²) < 4.78 is 18.8. The predicted octanol–water partition coefficient (Wildman–Crippen LogP) is 5.06. The summed E-state index contributed by atoms with van der Waals surface area (Å²) in [6.07, 6.45) is 2.08. The Bertz CT molecular complexity index is 850. The van der Waals surface area contributed by atoms with Crippen LogP contribution in [0.1, 0.15) is 36.3 Å². The van der Waals surface area contributed by atoms with Crippen molar-refractivity contribution in [2.24, 2.45) is 5.92 Å². The van der Waals surface area contributed by atoms with Gasteiger partial charge in [-0.25, -0.2) is 4.39 Å². The Morgan fingerprint density at radius 3 is 2.52 bits per heavy atom. The van der Waals surface area contributed by atoms with Crippen LogP contribution in [-0.2, 0) is 15.1 Å². The standard InChI is InChI=1S/C21H20Cl2FNO2/c22-18-3-1-2-15(19(18)23)16-12-17(16)20(26)25-21(8-10-27-11-9-21)13-4-6-14(24)7-5-13/h1-7,16-17H,8-12H2,(H,25,26). The number of amides is 1. The first-order valence-corrected chi connectivity index (χ1v) is 9.85. The molecule has 6 heteroatoms. The molecular formula is C21H20Cl2FNO2. The Morgan fingerprint density at radius 2 is 1.81 bits per heavy atom. The smallest absolute Gasteiger partial charge is 0.224 e. The zero-order chi connectivity index (χ0) is 19.0. The van der Waals surface area contributed by atoms with Gasteiger partial charge in [-0.1, -0.05) is 47.5 Å². The normalized spacial score (nSPS) is 23.7. The molecule has 2 unspecified atom stereocenters. The van der Waals surface area contributed by atoms with E-state index in [0.717, 1.165) is 17.5 Å². The van der Waals surface area contributed by atoms with E-state index in [2.05, 4.69) is 5.32 Å². The summed E-state index contributed by atoms with van der Waals surface area (Å²) >= 11 is 12.4. The van der Waals surface area contributed by atoms with E-state index in [9.17, 15) is 9.18 Å². The van der Waals surface area contributed by atoms with E-state index in [1.165, 1.54) is 12.1 Å². The molecule has 0 bridgehead atoms. The fourth-order valence-electron chi connectivity index (χ4n) is 3.94. The van der Waals surface area contributed by atoms with Crippen molar-refractivity contribution in [2.75, 3.05) is 13.2 Å². The van der Waals surface area contributed by atoms with E-state index < -0.39 is 5.54 Å². The highest BCUT2D eigenvalue weighted by atomic mass is 35.5. The molecule has 2 aromatic rings. The zero-order valence-corrected chi connectivity index (χ0v) is 16.2. The molecule has 1 N–H and O–H groups in total. The van der Waals surface area contributed by atoms with Crippen LogP contribution in [0.25, 0.3) is 0 Å². The Labute approximate surface area is 167 Å². The SMILES string of the molecule is O=C(NC1(c2ccc(F)cc2)CCOCC1)C1CC1c1cccc(Cl)c1Cl. The number of rotatable bonds is 4. The molecular weight excluding hydrogens is 388 g/mol. The Morgan fingerprint density at radius 1 is 1.11 bits per heavy atom. The highest BCUT2D eigenvalue weighted by Crippen LogP contribution is 2.51. The van der Waals surface area contributed by atoms with Gasteiger partial charge in [0.15, 0.2) is 0 Å². The number of hydrogen-bond donors (Lipinski definition) is 1. The van der Waals surface area contributed by atoms with E-state index in [-0.39, 0.29) is 23.6 Å². The summed E-state index contributed by atoms with van der Waals surface area (Å²) in [6, 6.07) is 11.9. The van der Waals surface area contributed by atoms with E-state index >= 15 is 0 Å². The van der Waals surface area contributed by atoms with Crippen LogP contribution in [0.5, 0.6) is 0 Å². The second-order valence-corrected chi connectivity index (χ2v) is 8.07. The second kappa shape index (κ2) is 7.42. The fourth-order valence-corrected chi connectivity index (χ4v) is 4.39. The Balaban J connectivity index is 1.53. The molecule has 4 rings (SSSR count). The molecule has 2 aliphatic rings. The van der Waals surface area contributed by atoms with Crippen molar-refractivity contribution in [2.45, 2.75) is 30.7 Å². The number of halogens is 3. The van der Waals surface area contributed by atoms with E-state index in [1.54, 1.807) is 18.2 Å². The third kappa shape index (κ3) is 3.71. The van der Waals surface area contributed by atoms with Crippen LogP contribution >= 0.6 is 23.2 Å². The summed E-state index contributed by atoms with van der Waals surface area (Å²) in [6.45, 7) is 1.12. The van der Waals surface area contributed by atoms with E-state index in [4.69, 9.17) is 27.9 Å². The average Bonchev–Trinajstić information content (AvgIpc) is 3.46. The van der Waals surface area contributed by atoms with Crippen LogP contribution in [0, 0.1) is 11.7 Å². The first-order chi connectivity index (χ1) is 13.0. The first-order valence-electron chi connectivity index (χ1n) is 9.10. The van der Waals surface area contributed by atoms with Crippen molar-refractivity contribution < 1.29 is 13.9 Å². The van der Waals surface area contributed by atoms with Gasteiger partial charge in [-0.3, -0.25) is 4.79 Å². The minimum Gasteiger partial charge on any atom is -0.381 e. The lowest BCUT2D eigenvalue weighted by molar-refractivity contribution is -0.125. The van der Waals surface area contributed by atoms with E-state index in [0.29, 0.717) is 36.1 Å². The molecule has 1 heterocycles. The lowest BCUT2D eigenvalue weighted by Crippen LogP contribution is -2.50. The van der Waals surface area contributed by atoms with Crippen molar-refractivity contribution in [3.63, 3.8) is 0 Å². The summed E-state index contributed by atoms with van der Waals surface area (Å²) in [5.74, 6) is -0.324. The lowest BCUT2D eigenvalue weighted by Gasteiger charge is -2.38.